The summed E-state index contributed by atoms with van der Waals surface area (Å²) in [6.45, 7) is 1.38. The van der Waals surface area contributed by atoms with Gasteiger partial charge in [0, 0.05) is 28.2 Å². The standard InChI is InChI=1S/C15H14BrClN2O2/c16-13-7-12(8-15(9-13)19(20)21)10-18-6-5-11-1-3-14(17)4-2-11/h1-4,7-9,18H,5-6,10H2. The van der Waals surface area contributed by atoms with Crippen LogP contribution in [-0.2, 0) is 13.0 Å². The summed E-state index contributed by atoms with van der Waals surface area (Å²) in [5, 5.41) is 14.8. The molecule has 0 aliphatic heterocycles. The summed E-state index contributed by atoms with van der Waals surface area (Å²) < 4.78 is 0.714. The third-order valence-corrected chi connectivity index (χ3v) is 3.70. The van der Waals surface area contributed by atoms with E-state index in [1.165, 1.54) is 11.6 Å². The fourth-order valence-corrected chi connectivity index (χ4v) is 2.61. The first-order chi connectivity index (χ1) is 10.0. The molecule has 0 aliphatic rings. The third-order valence-electron chi connectivity index (χ3n) is 2.99. The van der Waals surface area contributed by atoms with Crippen LogP contribution >= 0.6 is 27.5 Å². The van der Waals surface area contributed by atoms with E-state index in [1.807, 2.05) is 30.3 Å². The van der Waals surface area contributed by atoms with Crippen LogP contribution < -0.4 is 5.32 Å². The predicted molar refractivity (Wildman–Crippen MR) is 87.7 cm³/mol. The lowest BCUT2D eigenvalue weighted by atomic mass is 10.1. The molecule has 0 atom stereocenters. The van der Waals surface area contributed by atoms with Crippen LogP contribution in [-0.4, -0.2) is 11.5 Å². The molecule has 0 aliphatic carbocycles. The number of nitrogens with zero attached hydrogens (tertiary/aromatic N) is 1. The minimum atomic E-state index is -0.387. The van der Waals surface area contributed by atoms with Gasteiger partial charge < -0.3 is 5.32 Å². The average molecular weight is 370 g/mol. The SMILES string of the molecule is O=[N+]([O-])c1cc(Br)cc(CNCCc2ccc(Cl)cc2)c1. The van der Waals surface area contributed by atoms with Crippen molar-refractivity contribution in [1.82, 2.24) is 5.32 Å². The van der Waals surface area contributed by atoms with Gasteiger partial charge in [-0.15, -0.1) is 0 Å². The quantitative estimate of drug-likeness (QED) is 0.468. The lowest BCUT2D eigenvalue weighted by molar-refractivity contribution is -0.385. The van der Waals surface area contributed by atoms with Crippen molar-refractivity contribution in [3.8, 4) is 0 Å². The molecule has 0 aromatic heterocycles. The molecule has 0 bridgehead atoms. The maximum atomic E-state index is 10.8. The van der Waals surface area contributed by atoms with Gasteiger partial charge in [-0.3, -0.25) is 10.1 Å². The van der Waals surface area contributed by atoms with Gasteiger partial charge in [-0.2, -0.15) is 0 Å². The van der Waals surface area contributed by atoms with Gasteiger partial charge in [-0.1, -0.05) is 39.7 Å². The van der Waals surface area contributed by atoms with Crippen molar-refractivity contribution in [3.05, 3.63) is 73.2 Å². The molecule has 2 aromatic rings. The Kier molecular flexibility index (Phi) is 5.73. The van der Waals surface area contributed by atoms with E-state index in [1.54, 1.807) is 6.07 Å². The molecule has 1 N–H and O–H groups in total. The molecule has 0 saturated heterocycles. The molecule has 0 radical (unpaired) electrons. The van der Waals surface area contributed by atoms with E-state index in [2.05, 4.69) is 21.2 Å². The normalized spacial score (nSPS) is 10.6. The van der Waals surface area contributed by atoms with Crippen LogP contribution in [0, 0.1) is 10.1 Å². The van der Waals surface area contributed by atoms with Crippen molar-refractivity contribution < 1.29 is 4.92 Å². The molecule has 0 unspecified atom stereocenters. The first kappa shape index (κ1) is 15.9. The number of rotatable bonds is 6. The number of benzene rings is 2. The van der Waals surface area contributed by atoms with Gasteiger partial charge in [0.2, 0.25) is 0 Å². The van der Waals surface area contributed by atoms with Gasteiger partial charge in [0.1, 0.15) is 0 Å². The Morgan fingerprint density at radius 2 is 1.86 bits per heavy atom. The number of nitro groups is 1. The minimum absolute atomic E-state index is 0.0962. The zero-order chi connectivity index (χ0) is 15.2. The number of hydrogen-bond donors (Lipinski definition) is 1. The van der Waals surface area contributed by atoms with E-state index < -0.39 is 0 Å². The second-order valence-electron chi connectivity index (χ2n) is 4.63. The monoisotopic (exact) mass is 368 g/mol. The maximum absolute atomic E-state index is 10.8. The van der Waals surface area contributed by atoms with Crippen molar-refractivity contribution in [2.24, 2.45) is 0 Å². The van der Waals surface area contributed by atoms with E-state index in [-0.39, 0.29) is 10.6 Å². The molecule has 6 heteroatoms. The van der Waals surface area contributed by atoms with E-state index >= 15 is 0 Å². The summed E-state index contributed by atoms with van der Waals surface area (Å²) in [6, 6.07) is 12.7. The average Bonchev–Trinajstić information content (AvgIpc) is 2.45. The number of nitrogens with one attached hydrogen (secondary N) is 1. The fraction of sp³-hybridized carbons (Fsp3) is 0.200. The fourth-order valence-electron chi connectivity index (χ4n) is 1.96. The molecule has 2 aromatic carbocycles. The van der Waals surface area contributed by atoms with Crippen molar-refractivity contribution in [2.45, 2.75) is 13.0 Å². The second-order valence-corrected chi connectivity index (χ2v) is 5.98. The first-order valence-corrected chi connectivity index (χ1v) is 7.61. The first-order valence-electron chi connectivity index (χ1n) is 6.43. The molecule has 0 amide bonds. The van der Waals surface area contributed by atoms with Crippen LogP contribution in [0.4, 0.5) is 5.69 Å². The Balaban J connectivity index is 1.86. The smallest absolute Gasteiger partial charge is 0.270 e. The highest BCUT2D eigenvalue weighted by atomic mass is 79.9. The molecule has 0 spiro atoms. The molecular weight excluding hydrogens is 356 g/mol. The van der Waals surface area contributed by atoms with Crippen LogP contribution in [0.3, 0.4) is 0 Å². The van der Waals surface area contributed by atoms with Gasteiger partial charge in [0.15, 0.2) is 0 Å². The van der Waals surface area contributed by atoms with E-state index in [9.17, 15) is 10.1 Å². The van der Waals surface area contributed by atoms with E-state index in [0.717, 1.165) is 23.6 Å². The highest BCUT2D eigenvalue weighted by molar-refractivity contribution is 9.10. The molecule has 0 heterocycles. The predicted octanol–water partition coefficient (Wildman–Crippen LogP) is 4.34. The van der Waals surface area contributed by atoms with Crippen molar-refractivity contribution >= 4 is 33.2 Å². The Hall–Kier alpha value is -1.43. The zero-order valence-corrected chi connectivity index (χ0v) is 13.5. The zero-order valence-electron chi connectivity index (χ0n) is 11.2. The molecule has 0 fully saturated rings. The molecule has 0 saturated carbocycles. The molecule has 2 rings (SSSR count). The minimum Gasteiger partial charge on any atom is -0.312 e. The Labute approximate surface area is 136 Å². The number of non-ortho nitro benzene ring substituents is 1. The lowest BCUT2D eigenvalue weighted by Crippen LogP contribution is -2.16. The molecule has 21 heavy (non-hydrogen) atoms. The highest BCUT2D eigenvalue weighted by Gasteiger charge is 2.08. The number of nitro benzene ring substituents is 1. The van der Waals surface area contributed by atoms with Gasteiger partial charge in [0.25, 0.3) is 5.69 Å². The Morgan fingerprint density at radius 1 is 1.14 bits per heavy atom. The van der Waals surface area contributed by atoms with Crippen LogP contribution in [0.25, 0.3) is 0 Å². The van der Waals surface area contributed by atoms with Crippen LogP contribution in [0.2, 0.25) is 5.02 Å². The van der Waals surface area contributed by atoms with E-state index in [4.69, 9.17) is 11.6 Å². The van der Waals surface area contributed by atoms with Gasteiger partial charge in [-0.05, 0) is 42.3 Å². The molecule has 4 nitrogen and oxygen atoms in total. The highest BCUT2D eigenvalue weighted by Crippen LogP contribution is 2.21. The van der Waals surface area contributed by atoms with Crippen molar-refractivity contribution in [2.75, 3.05) is 6.54 Å². The van der Waals surface area contributed by atoms with Gasteiger partial charge in [-0.25, -0.2) is 0 Å². The summed E-state index contributed by atoms with van der Waals surface area (Å²) in [4.78, 5) is 10.4. The molecular formula is C15H14BrClN2O2. The summed E-state index contributed by atoms with van der Waals surface area (Å²) in [5.74, 6) is 0. The van der Waals surface area contributed by atoms with Crippen molar-refractivity contribution in [3.63, 3.8) is 0 Å². The number of halogens is 2. The summed E-state index contributed by atoms with van der Waals surface area (Å²) in [7, 11) is 0. The summed E-state index contributed by atoms with van der Waals surface area (Å²) in [6.07, 6.45) is 0.882. The Bertz CT molecular complexity index is 632. The maximum Gasteiger partial charge on any atom is 0.270 e. The van der Waals surface area contributed by atoms with Gasteiger partial charge >= 0.3 is 0 Å². The Morgan fingerprint density at radius 3 is 2.52 bits per heavy atom. The van der Waals surface area contributed by atoms with Crippen LogP contribution in [0.15, 0.2) is 46.9 Å². The lowest BCUT2D eigenvalue weighted by Gasteiger charge is -2.06. The van der Waals surface area contributed by atoms with Crippen LogP contribution in [0.5, 0.6) is 0 Å². The summed E-state index contributed by atoms with van der Waals surface area (Å²) >= 11 is 9.12. The topological polar surface area (TPSA) is 55.2 Å². The summed E-state index contributed by atoms with van der Waals surface area (Å²) in [5.41, 5.74) is 2.18. The van der Waals surface area contributed by atoms with E-state index in [0.29, 0.717) is 11.0 Å². The third kappa shape index (κ3) is 5.12. The molecule has 110 valence electrons. The van der Waals surface area contributed by atoms with Gasteiger partial charge in [0.05, 0.1) is 4.92 Å². The number of hydrogen-bond acceptors (Lipinski definition) is 3. The second kappa shape index (κ2) is 7.54. The largest absolute Gasteiger partial charge is 0.312 e. The van der Waals surface area contributed by atoms with Crippen LogP contribution in [0.1, 0.15) is 11.1 Å². The van der Waals surface area contributed by atoms with Crippen molar-refractivity contribution in [1.29, 1.82) is 0 Å².